The van der Waals surface area contributed by atoms with Gasteiger partial charge in [-0.15, -0.1) is 0 Å². The van der Waals surface area contributed by atoms with Gasteiger partial charge in [0.05, 0.1) is 30.4 Å². The van der Waals surface area contributed by atoms with Crippen LogP contribution in [0.25, 0.3) is 0 Å². The quantitative estimate of drug-likeness (QED) is 0.449. The van der Waals surface area contributed by atoms with Gasteiger partial charge in [0.2, 0.25) is 0 Å². The molecule has 1 rings (SSSR count). The van der Waals surface area contributed by atoms with Crippen LogP contribution in [-0.4, -0.2) is 56.2 Å². The molecule has 1 heterocycles. The zero-order chi connectivity index (χ0) is 20.6. The molecule has 6 atom stereocenters. The van der Waals surface area contributed by atoms with Crippen molar-refractivity contribution < 1.29 is 38.1 Å². The third-order valence-corrected chi connectivity index (χ3v) is 3.92. The first-order chi connectivity index (χ1) is 12.7. The van der Waals surface area contributed by atoms with Gasteiger partial charge in [-0.1, -0.05) is 0 Å². The van der Waals surface area contributed by atoms with Gasteiger partial charge < -0.3 is 23.7 Å². The Balaban J connectivity index is 3.33. The fourth-order valence-electron chi connectivity index (χ4n) is 2.93. The lowest BCUT2D eigenvalue weighted by Crippen LogP contribution is -2.60. The summed E-state index contributed by atoms with van der Waals surface area (Å²) in [5.41, 5.74) is 0. The molecule has 1 fully saturated rings. The Morgan fingerprint density at radius 2 is 1.63 bits per heavy atom. The Morgan fingerprint density at radius 1 is 1.04 bits per heavy atom. The van der Waals surface area contributed by atoms with Crippen molar-refractivity contribution in [1.29, 1.82) is 10.5 Å². The van der Waals surface area contributed by atoms with E-state index in [9.17, 15) is 19.6 Å². The standard InChI is InChI=1S/C17H22N2O8/c1-9(20)24-8-13-15(25-10(2)21)16(26-11(3)22)14(17(23-4)27-13)12(7-19)5-6-18/h12-17H,5,8H2,1-4H3/t12?,13-,14-,15-,16-,17+/m1/s1. The van der Waals surface area contributed by atoms with Crippen LogP contribution in [0.15, 0.2) is 0 Å². The maximum atomic E-state index is 11.6. The molecule has 1 aliphatic heterocycles. The minimum absolute atomic E-state index is 0.177. The molecule has 0 bridgehead atoms. The van der Waals surface area contributed by atoms with Gasteiger partial charge in [-0.3, -0.25) is 14.4 Å². The molecule has 148 valence electrons. The Bertz CT molecular complexity index is 638. The third-order valence-electron chi connectivity index (χ3n) is 3.92. The lowest BCUT2D eigenvalue weighted by atomic mass is 9.80. The number of nitriles is 2. The highest BCUT2D eigenvalue weighted by Crippen LogP contribution is 2.37. The fraction of sp³-hybridized carbons (Fsp3) is 0.706. The molecule has 0 aromatic carbocycles. The molecule has 27 heavy (non-hydrogen) atoms. The largest absolute Gasteiger partial charge is 0.463 e. The van der Waals surface area contributed by atoms with Gasteiger partial charge in [0.15, 0.2) is 18.5 Å². The molecule has 0 radical (unpaired) electrons. The first-order valence-electron chi connectivity index (χ1n) is 8.17. The molecule has 0 aromatic heterocycles. The minimum Gasteiger partial charge on any atom is -0.463 e. The van der Waals surface area contributed by atoms with E-state index in [2.05, 4.69) is 0 Å². The first kappa shape index (κ1) is 22.4. The fourth-order valence-corrected chi connectivity index (χ4v) is 2.93. The second-order valence-corrected chi connectivity index (χ2v) is 5.90. The van der Waals surface area contributed by atoms with E-state index in [-0.39, 0.29) is 13.0 Å². The number of methoxy groups -OCH3 is 1. The predicted molar refractivity (Wildman–Crippen MR) is 86.2 cm³/mol. The zero-order valence-electron chi connectivity index (χ0n) is 15.5. The van der Waals surface area contributed by atoms with E-state index in [1.165, 1.54) is 14.0 Å². The van der Waals surface area contributed by atoms with Crippen molar-refractivity contribution in [1.82, 2.24) is 0 Å². The van der Waals surface area contributed by atoms with Crippen molar-refractivity contribution >= 4 is 17.9 Å². The van der Waals surface area contributed by atoms with E-state index < -0.39 is 54.3 Å². The number of hydrogen-bond donors (Lipinski definition) is 0. The second-order valence-electron chi connectivity index (χ2n) is 5.90. The topological polar surface area (TPSA) is 145 Å². The molecule has 0 spiro atoms. The van der Waals surface area contributed by atoms with Crippen molar-refractivity contribution in [2.75, 3.05) is 13.7 Å². The number of hydrogen-bond acceptors (Lipinski definition) is 10. The Morgan fingerprint density at radius 3 is 2.07 bits per heavy atom. The summed E-state index contributed by atoms with van der Waals surface area (Å²) in [5, 5.41) is 18.5. The van der Waals surface area contributed by atoms with Gasteiger partial charge in [-0.25, -0.2) is 0 Å². The number of nitrogens with zero attached hydrogens (tertiary/aromatic N) is 2. The maximum Gasteiger partial charge on any atom is 0.303 e. The third kappa shape index (κ3) is 6.20. The molecule has 0 aromatic rings. The van der Waals surface area contributed by atoms with Gasteiger partial charge in [0.25, 0.3) is 0 Å². The van der Waals surface area contributed by atoms with E-state index in [1.807, 2.05) is 12.1 Å². The molecular weight excluding hydrogens is 360 g/mol. The van der Waals surface area contributed by atoms with Crippen molar-refractivity contribution in [3.05, 3.63) is 0 Å². The van der Waals surface area contributed by atoms with Crippen LogP contribution >= 0.6 is 0 Å². The summed E-state index contributed by atoms with van der Waals surface area (Å²) in [6.07, 6.45) is -4.52. The van der Waals surface area contributed by atoms with Gasteiger partial charge in [-0.2, -0.15) is 10.5 Å². The van der Waals surface area contributed by atoms with Crippen molar-refractivity contribution in [3.8, 4) is 12.1 Å². The van der Waals surface area contributed by atoms with E-state index in [1.54, 1.807) is 0 Å². The van der Waals surface area contributed by atoms with Gasteiger partial charge in [0, 0.05) is 27.9 Å². The van der Waals surface area contributed by atoms with Crippen LogP contribution in [0.5, 0.6) is 0 Å². The molecule has 10 heteroatoms. The van der Waals surface area contributed by atoms with Gasteiger partial charge in [-0.05, 0) is 0 Å². The summed E-state index contributed by atoms with van der Waals surface area (Å²) in [6.45, 7) is 3.23. The Hall–Kier alpha value is -2.69. The van der Waals surface area contributed by atoms with E-state index in [0.29, 0.717) is 0 Å². The van der Waals surface area contributed by atoms with Crippen LogP contribution in [0.4, 0.5) is 0 Å². The monoisotopic (exact) mass is 382 g/mol. The smallest absolute Gasteiger partial charge is 0.303 e. The lowest BCUT2D eigenvalue weighted by molar-refractivity contribution is -0.290. The van der Waals surface area contributed by atoms with Crippen LogP contribution in [0.3, 0.4) is 0 Å². The number of carbonyl (C=O) groups is 3. The normalized spacial score (nSPS) is 28.1. The van der Waals surface area contributed by atoms with Crippen LogP contribution in [0.1, 0.15) is 27.2 Å². The first-order valence-corrected chi connectivity index (χ1v) is 8.17. The SMILES string of the molecule is CO[C@H]1O[C@H](COC(C)=O)[C@@H](OC(C)=O)[C@H](OC(C)=O)[C@H]1C(C#N)CC#N. The molecule has 1 unspecified atom stereocenters. The number of esters is 3. The molecule has 1 aliphatic rings. The van der Waals surface area contributed by atoms with Crippen molar-refractivity contribution in [2.24, 2.45) is 11.8 Å². The number of carbonyl (C=O) groups excluding carboxylic acids is 3. The van der Waals surface area contributed by atoms with Crippen LogP contribution in [0, 0.1) is 34.5 Å². The molecule has 0 aliphatic carbocycles. The van der Waals surface area contributed by atoms with Crippen molar-refractivity contribution in [3.63, 3.8) is 0 Å². The Labute approximate surface area is 156 Å². The minimum atomic E-state index is -1.16. The van der Waals surface area contributed by atoms with Crippen LogP contribution in [0.2, 0.25) is 0 Å². The zero-order valence-corrected chi connectivity index (χ0v) is 15.5. The number of rotatable bonds is 7. The molecule has 0 saturated carbocycles. The highest BCUT2D eigenvalue weighted by atomic mass is 16.7. The molecule has 1 saturated heterocycles. The molecular formula is C17H22N2O8. The molecule has 10 nitrogen and oxygen atoms in total. The Kier molecular flexibility index (Phi) is 8.66. The predicted octanol–water partition coefficient (Wildman–Crippen LogP) is 0.454. The highest BCUT2D eigenvalue weighted by Gasteiger charge is 2.53. The van der Waals surface area contributed by atoms with Crippen LogP contribution < -0.4 is 0 Å². The second kappa shape index (κ2) is 10.5. The van der Waals surface area contributed by atoms with Gasteiger partial charge in [0.1, 0.15) is 12.7 Å². The molecule has 0 N–H and O–H groups in total. The lowest BCUT2D eigenvalue weighted by Gasteiger charge is -2.45. The van der Waals surface area contributed by atoms with Crippen LogP contribution in [-0.2, 0) is 38.1 Å². The van der Waals surface area contributed by atoms with Crippen molar-refractivity contribution in [2.45, 2.75) is 51.8 Å². The average Bonchev–Trinajstić information content (AvgIpc) is 2.59. The highest BCUT2D eigenvalue weighted by molar-refractivity contribution is 5.67. The summed E-state index contributed by atoms with van der Waals surface area (Å²) in [6, 6.07) is 3.87. The average molecular weight is 382 g/mol. The van der Waals surface area contributed by atoms with Gasteiger partial charge >= 0.3 is 17.9 Å². The summed E-state index contributed by atoms with van der Waals surface area (Å²) in [7, 11) is 1.32. The summed E-state index contributed by atoms with van der Waals surface area (Å²) in [4.78, 5) is 34.4. The summed E-state index contributed by atoms with van der Waals surface area (Å²) >= 11 is 0. The van der Waals surface area contributed by atoms with E-state index in [0.717, 1.165) is 13.8 Å². The maximum absolute atomic E-state index is 11.6. The summed E-state index contributed by atoms with van der Waals surface area (Å²) in [5.74, 6) is -3.77. The number of ether oxygens (including phenoxy) is 5. The van der Waals surface area contributed by atoms with E-state index in [4.69, 9.17) is 28.9 Å². The van der Waals surface area contributed by atoms with E-state index >= 15 is 0 Å². The summed E-state index contributed by atoms with van der Waals surface area (Å²) < 4.78 is 26.5. The molecule has 0 amide bonds.